The van der Waals surface area contributed by atoms with Gasteiger partial charge in [0.2, 0.25) is 0 Å². The summed E-state index contributed by atoms with van der Waals surface area (Å²) in [6.45, 7) is 0.405. The zero-order valence-electron chi connectivity index (χ0n) is 9.64. The summed E-state index contributed by atoms with van der Waals surface area (Å²) in [6.07, 6.45) is -1.03. The Morgan fingerprint density at radius 2 is 1.94 bits per heavy atom. The van der Waals surface area contributed by atoms with Gasteiger partial charge in [-0.3, -0.25) is 0 Å². The average molecular weight is 307 g/mol. The predicted molar refractivity (Wildman–Crippen MR) is 72.7 cm³/mol. The molecule has 0 radical (unpaired) electrons. The largest absolute Gasteiger partial charge is 0.493 e. The topological polar surface area (TPSA) is 9.23 Å². The highest BCUT2D eigenvalue weighted by atomic mass is 79.9. The highest BCUT2D eigenvalue weighted by Gasteiger charge is 2.32. The number of hydrogen-bond donors (Lipinski definition) is 0. The lowest BCUT2D eigenvalue weighted by Gasteiger charge is -2.15. The lowest BCUT2D eigenvalue weighted by molar-refractivity contribution is 0.236. The molecule has 0 aliphatic carbocycles. The van der Waals surface area contributed by atoms with Gasteiger partial charge in [-0.15, -0.1) is 0 Å². The first-order valence-electron chi connectivity index (χ1n) is 5.87. The second-order valence-electron chi connectivity index (χ2n) is 4.41. The Kier molecular flexibility index (Phi) is 3.08. The molecule has 0 saturated carbocycles. The Labute approximate surface area is 114 Å². The van der Waals surface area contributed by atoms with Gasteiger partial charge in [-0.2, -0.15) is 0 Å². The van der Waals surface area contributed by atoms with Gasteiger partial charge in [0.1, 0.15) is 11.9 Å². The maximum Gasteiger partial charge on any atom is 0.135 e. The molecule has 2 unspecified atom stereocenters. The lowest BCUT2D eigenvalue weighted by atomic mass is 9.92. The molecule has 3 rings (SSSR count). The van der Waals surface area contributed by atoms with Crippen molar-refractivity contribution in [1.82, 2.24) is 0 Å². The van der Waals surface area contributed by atoms with Crippen molar-refractivity contribution in [1.29, 1.82) is 0 Å². The van der Waals surface area contributed by atoms with Crippen LogP contribution in [0.3, 0.4) is 0 Å². The van der Waals surface area contributed by atoms with E-state index in [4.69, 9.17) is 4.74 Å². The van der Waals surface area contributed by atoms with Crippen LogP contribution in [0.1, 0.15) is 23.2 Å². The van der Waals surface area contributed by atoms with E-state index >= 15 is 0 Å². The number of hydrogen-bond acceptors (Lipinski definition) is 1. The van der Waals surface area contributed by atoms with Crippen molar-refractivity contribution >= 4 is 15.9 Å². The van der Waals surface area contributed by atoms with Gasteiger partial charge in [0.15, 0.2) is 0 Å². The van der Waals surface area contributed by atoms with Gasteiger partial charge >= 0.3 is 0 Å². The molecule has 2 aromatic rings. The van der Waals surface area contributed by atoms with Crippen LogP contribution >= 0.6 is 15.9 Å². The van der Waals surface area contributed by atoms with Crippen molar-refractivity contribution in [2.24, 2.45) is 0 Å². The summed E-state index contributed by atoms with van der Waals surface area (Å²) in [6, 6.07) is 15.0. The molecule has 2 aromatic carbocycles. The molecule has 0 N–H and O–H groups in total. The van der Waals surface area contributed by atoms with Crippen LogP contribution in [0.4, 0.5) is 4.39 Å². The standard InChI is InChI=1S/C15H12BrFO/c16-11-6-7-14-12(8-11)13(9-18-14)15(17)10-4-2-1-3-5-10/h1-8,13,15H,9H2. The van der Waals surface area contributed by atoms with Gasteiger partial charge in [-0.1, -0.05) is 46.3 Å². The lowest BCUT2D eigenvalue weighted by Crippen LogP contribution is -2.08. The van der Waals surface area contributed by atoms with E-state index in [0.29, 0.717) is 12.2 Å². The molecule has 1 nitrogen and oxygen atoms in total. The molecule has 0 aromatic heterocycles. The Bertz CT molecular complexity index is 556. The summed E-state index contributed by atoms with van der Waals surface area (Å²) in [5, 5.41) is 0. The van der Waals surface area contributed by atoms with Crippen LogP contribution in [0.15, 0.2) is 53.0 Å². The Morgan fingerprint density at radius 3 is 2.72 bits per heavy atom. The molecule has 0 bridgehead atoms. The van der Waals surface area contributed by atoms with E-state index in [1.807, 2.05) is 48.5 Å². The molecule has 18 heavy (non-hydrogen) atoms. The third-order valence-corrected chi connectivity index (χ3v) is 3.75. The van der Waals surface area contributed by atoms with Gasteiger partial charge in [0.05, 0.1) is 12.5 Å². The van der Waals surface area contributed by atoms with E-state index in [9.17, 15) is 4.39 Å². The minimum atomic E-state index is -1.03. The zero-order valence-corrected chi connectivity index (χ0v) is 11.2. The van der Waals surface area contributed by atoms with Crippen LogP contribution in [-0.2, 0) is 0 Å². The van der Waals surface area contributed by atoms with Crippen LogP contribution in [0, 0.1) is 0 Å². The Morgan fingerprint density at radius 1 is 1.17 bits per heavy atom. The molecule has 0 fully saturated rings. The molecule has 1 aliphatic heterocycles. The summed E-state index contributed by atoms with van der Waals surface area (Å²) in [4.78, 5) is 0. The van der Waals surface area contributed by atoms with Gasteiger partial charge in [-0.25, -0.2) is 4.39 Å². The summed E-state index contributed by atoms with van der Waals surface area (Å²) >= 11 is 3.42. The number of halogens is 2. The van der Waals surface area contributed by atoms with Crippen molar-refractivity contribution in [3.8, 4) is 5.75 Å². The third-order valence-electron chi connectivity index (χ3n) is 3.26. The molecule has 1 aliphatic rings. The van der Waals surface area contributed by atoms with Crippen LogP contribution in [-0.4, -0.2) is 6.61 Å². The predicted octanol–water partition coefficient (Wildman–Crippen LogP) is 4.64. The fourth-order valence-electron chi connectivity index (χ4n) is 2.32. The van der Waals surface area contributed by atoms with Crippen molar-refractivity contribution < 1.29 is 9.13 Å². The molecule has 0 spiro atoms. The van der Waals surface area contributed by atoms with E-state index in [0.717, 1.165) is 15.8 Å². The summed E-state index contributed by atoms with van der Waals surface area (Å²) < 4.78 is 21.1. The number of alkyl halides is 1. The molecule has 92 valence electrons. The first-order valence-corrected chi connectivity index (χ1v) is 6.66. The quantitative estimate of drug-likeness (QED) is 0.785. The van der Waals surface area contributed by atoms with Gasteiger partial charge in [-0.05, 0) is 23.8 Å². The number of ether oxygens (including phenoxy) is 1. The highest BCUT2D eigenvalue weighted by molar-refractivity contribution is 9.10. The van der Waals surface area contributed by atoms with Crippen molar-refractivity contribution in [3.63, 3.8) is 0 Å². The third kappa shape index (κ3) is 2.03. The molecular weight excluding hydrogens is 295 g/mol. The normalized spacial score (nSPS) is 19.1. The summed E-state index contributed by atoms with van der Waals surface area (Å²) in [5.41, 5.74) is 1.65. The zero-order chi connectivity index (χ0) is 12.5. The van der Waals surface area contributed by atoms with Crippen LogP contribution < -0.4 is 4.74 Å². The maximum atomic E-state index is 14.6. The molecule has 3 heteroatoms. The summed E-state index contributed by atoms with van der Waals surface area (Å²) in [5.74, 6) is 0.571. The smallest absolute Gasteiger partial charge is 0.135 e. The van der Waals surface area contributed by atoms with Gasteiger partial charge in [0.25, 0.3) is 0 Å². The van der Waals surface area contributed by atoms with E-state index in [1.54, 1.807) is 0 Å². The first-order chi connectivity index (χ1) is 8.75. The van der Waals surface area contributed by atoms with Crippen molar-refractivity contribution in [2.75, 3.05) is 6.61 Å². The van der Waals surface area contributed by atoms with Gasteiger partial charge < -0.3 is 4.74 Å². The van der Waals surface area contributed by atoms with Crippen LogP contribution in [0.2, 0.25) is 0 Å². The first kappa shape index (κ1) is 11.7. The number of rotatable bonds is 2. The average Bonchev–Trinajstić information content (AvgIpc) is 2.82. The fraction of sp³-hybridized carbons (Fsp3) is 0.200. The number of benzene rings is 2. The van der Waals surface area contributed by atoms with E-state index < -0.39 is 6.17 Å². The monoisotopic (exact) mass is 306 g/mol. The second kappa shape index (κ2) is 4.73. The summed E-state index contributed by atoms with van der Waals surface area (Å²) in [7, 11) is 0. The molecule has 2 atom stereocenters. The maximum absolute atomic E-state index is 14.6. The van der Waals surface area contributed by atoms with Gasteiger partial charge in [0, 0.05) is 10.0 Å². The van der Waals surface area contributed by atoms with Crippen LogP contribution in [0.5, 0.6) is 5.75 Å². The minimum Gasteiger partial charge on any atom is -0.493 e. The molecular formula is C15H12BrFO. The van der Waals surface area contributed by atoms with E-state index in [-0.39, 0.29) is 5.92 Å². The fourth-order valence-corrected chi connectivity index (χ4v) is 2.70. The minimum absolute atomic E-state index is 0.222. The van der Waals surface area contributed by atoms with Crippen molar-refractivity contribution in [2.45, 2.75) is 12.1 Å². The second-order valence-corrected chi connectivity index (χ2v) is 5.33. The Hall–Kier alpha value is -1.35. The van der Waals surface area contributed by atoms with Crippen LogP contribution in [0.25, 0.3) is 0 Å². The number of fused-ring (bicyclic) bond motifs is 1. The SMILES string of the molecule is FC(c1ccccc1)C1COc2ccc(Br)cc21. The Balaban J connectivity index is 1.94. The molecule has 1 heterocycles. The molecule has 0 amide bonds. The highest BCUT2D eigenvalue weighted by Crippen LogP contribution is 2.44. The van der Waals surface area contributed by atoms with E-state index in [2.05, 4.69) is 15.9 Å². The van der Waals surface area contributed by atoms with Crippen molar-refractivity contribution in [3.05, 3.63) is 64.1 Å². The van der Waals surface area contributed by atoms with E-state index in [1.165, 1.54) is 0 Å². The molecule has 0 saturated heterocycles.